The lowest BCUT2D eigenvalue weighted by molar-refractivity contribution is -0.115. The van der Waals surface area contributed by atoms with Crippen LogP contribution in [0.3, 0.4) is 0 Å². The third-order valence-corrected chi connectivity index (χ3v) is 6.70. The largest absolute Gasteiger partial charge is 0.354 e. The van der Waals surface area contributed by atoms with Crippen LogP contribution in [0.2, 0.25) is 0 Å². The maximum Gasteiger partial charge on any atom is 0.250 e. The molecule has 9 heteroatoms. The van der Waals surface area contributed by atoms with Crippen LogP contribution in [0.4, 0.5) is 5.69 Å². The number of carbonyl (C=O) groups excluding carboxylic acids is 1. The molecule has 0 spiro atoms. The Morgan fingerprint density at radius 3 is 2.84 bits per heavy atom. The van der Waals surface area contributed by atoms with Gasteiger partial charge >= 0.3 is 0 Å². The van der Waals surface area contributed by atoms with Crippen molar-refractivity contribution in [2.45, 2.75) is 43.4 Å². The molecule has 3 rings (SSSR count). The highest BCUT2D eigenvalue weighted by atomic mass is 32.2. The number of amides is 1. The van der Waals surface area contributed by atoms with Gasteiger partial charge in [-0.25, -0.2) is 13.1 Å². The second-order valence-corrected chi connectivity index (χ2v) is 8.85. The number of aryl methyl sites for hydroxylation is 1. The monoisotopic (exact) mass is 381 g/mol. The lowest BCUT2D eigenvalue weighted by Gasteiger charge is -2.01. The van der Waals surface area contributed by atoms with Gasteiger partial charge in [-0.15, -0.1) is 11.3 Å². The molecule has 0 atom stereocenters. The van der Waals surface area contributed by atoms with Crippen LogP contribution in [0.25, 0.3) is 12.2 Å². The standard InChI is InChI=1S/C16H19N3O4S2/c1-3-14(20)17-16-10(2)18-23-13(16)8-6-12-7-9-15(24-12)25(21,22)19-11-4-5-11/h6-9,11,19H,3-5H2,1-2H3,(H,17,20). The van der Waals surface area contributed by atoms with Crippen molar-refractivity contribution >= 4 is 45.1 Å². The summed E-state index contributed by atoms with van der Waals surface area (Å²) in [7, 11) is -3.44. The predicted molar refractivity (Wildman–Crippen MR) is 96.8 cm³/mol. The summed E-state index contributed by atoms with van der Waals surface area (Å²) in [5, 5.41) is 6.61. The van der Waals surface area contributed by atoms with E-state index in [-0.39, 0.29) is 16.2 Å². The summed E-state index contributed by atoms with van der Waals surface area (Å²) >= 11 is 1.17. The maximum atomic E-state index is 12.2. The number of nitrogens with zero attached hydrogens (tertiary/aromatic N) is 1. The Balaban J connectivity index is 1.76. The summed E-state index contributed by atoms with van der Waals surface area (Å²) < 4.78 is 32.5. The van der Waals surface area contributed by atoms with E-state index in [2.05, 4.69) is 15.2 Å². The van der Waals surface area contributed by atoms with Gasteiger partial charge in [0.1, 0.15) is 15.6 Å². The minimum atomic E-state index is -3.44. The van der Waals surface area contributed by atoms with Crippen molar-refractivity contribution in [1.29, 1.82) is 0 Å². The molecule has 2 aromatic rings. The van der Waals surface area contributed by atoms with Gasteiger partial charge in [0.25, 0.3) is 0 Å². The van der Waals surface area contributed by atoms with E-state index < -0.39 is 10.0 Å². The predicted octanol–water partition coefficient (Wildman–Crippen LogP) is 3.00. The fourth-order valence-electron chi connectivity index (χ4n) is 2.09. The van der Waals surface area contributed by atoms with E-state index in [1.165, 1.54) is 11.3 Å². The van der Waals surface area contributed by atoms with Gasteiger partial charge in [-0.3, -0.25) is 4.79 Å². The van der Waals surface area contributed by atoms with Gasteiger partial charge in [-0.05, 0) is 44.1 Å². The molecule has 0 radical (unpaired) electrons. The van der Waals surface area contributed by atoms with Gasteiger partial charge in [0.15, 0.2) is 5.76 Å². The topological polar surface area (TPSA) is 101 Å². The molecule has 0 aliphatic heterocycles. The first kappa shape index (κ1) is 17.8. The lowest BCUT2D eigenvalue weighted by atomic mass is 10.2. The molecule has 1 aliphatic carbocycles. The van der Waals surface area contributed by atoms with E-state index in [0.717, 1.165) is 17.7 Å². The van der Waals surface area contributed by atoms with Crippen LogP contribution in [0.1, 0.15) is 42.5 Å². The lowest BCUT2D eigenvalue weighted by Crippen LogP contribution is -2.24. The van der Waals surface area contributed by atoms with Crippen molar-refractivity contribution in [3.63, 3.8) is 0 Å². The molecule has 134 valence electrons. The summed E-state index contributed by atoms with van der Waals surface area (Å²) in [5.74, 6) is 0.296. The van der Waals surface area contributed by atoms with Crippen molar-refractivity contribution in [2.75, 3.05) is 5.32 Å². The van der Waals surface area contributed by atoms with Gasteiger partial charge in [0.2, 0.25) is 15.9 Å². The number of carbonyl (C=O) groups is 1. The molecule has 1 aliphatic rings. The average Bonchev–Trinajstić information content (AvgIpc) is 3.11. The molecule has 7 nitrogen and oxygen atoms in total. The molecule has 2 aromatic heterocycles. The van der Waals surface area contributed by atoms with Gasteiger partial charge in [0, 0.05) is 17.3 Å². The Morgan fingerprint density at radius 1 is 1.40 bits per heavy atom. The van der Waals surface area contributed by atoms with Crippen LogP contribution in [0, 0.1) is 6.92 Å². The third kappa shape index (κ3) is 4.36. The highest BCUT2D eigenvalue weighted by Gasteiger charge is 2.28. The Morgan fingerprint density at radius 2 is 2.16 bits per heavy atom. The van der Waals surface area contributed by atoms with Gasteiger partial charge in [0.05, 0.1) is 0 Å². The van der Waals surface area contributed by atoms with Crippen molar-refractivity contribution in [3.05, 3.63) is 28.5 Å². The second kappa shape index (κ2) is 7.11. The van der Waals surface area contributed by atoms with E-state index in [0.29, 0.717) is 23.6 Å². The molecule has 0 saturated heterocycles. The minimum Gasteiger partial charge on any atom is -0.354 e. The van der Waals surface area contributed by atoms with Crippen molar-refractivity contribution in [3.8, 4) is 0 Å². The van der Waals surface area contributed by atoms with Crippen LogP contribution in [0.5, 0.6) is 0 Å². The summed E-state index contributed by atoms with van der Waals surface area (Å²) in [6.45, 7) is 3.50. The highest BCUT2D eigenvalue weighted by Crippen LogP contribution is 2.28. The van der Waals surface area contributed by atoms with E-state index >= 15 is 0 Å². The van der Waals surface area contributed by atoms with Crippen molar-refractivity contribution in [2.24, 2.45) is 0 Å². The summed E-state index contributed by atoms with van der Waals surface area (Å²) in [5.41, 5.74) is 1.12. The zero-order chi connectivity index (χ0) is 18.0. The summed E-state index contributed by atoms with van der Waals surface area (Å²) in [4.78, 5) is 12.4. The normalized spacial score (nSPS) is 15.0. The Labute approximate surface area is 150 Å². The molecule has 0 aromatic carbocycles. The fourth-order valence-corrected chi connectivity index (χ4v) is 4.64. The molecule has 0 unspecified atom stereocenters. The van der Waals surface area contributed by atoms with Crippen molar-refractivity contribution in [1.82, 2.24) is 9.88 Å². The molecular formula is C16H19N3O4S2. The quantitative estimate of drug-likeness (QED) is 0.768. The van der Waals surface area contributed by atoms with Crippen molar-refractivity contribution < 1.29 is 17.7 Å². The Hall–Kier alpha value is -1.97. The molecule has 2 heterocycles. The van der Waals surface area contributed by atoms with Gasteiger partial charge in [-0.2, -0.15) is 0 Å². The third-order valence-electron chi connectivity index (χ3n) is 3.64. The molecule has 25 heavy (non-hydrogen) atoms. The smallest absolute Gasteiger partial charge is 0.250 e. The van der Waals surface area contributed by atoms with E-state index in [9.17, 15) is 13.2 Å². The van der Waals surface area contributed by atoms with Gasteiger partial charge < -0.3 is 9.84 Å². The van der Waals surface area contributed by atoms with Crippen LogP contribution < -0.4 is 10.0 Å². The molecular weight excluding hydrogens is 362 g/mol. The zero-order valence-corrected chi connectivity index (χ0v) is 15.5. The number of aromatic nitrogens is 1. The Bertz CT molecular complexity index is 908. The second-order valence-electron chi connectivity index (χ2n) is 5.79. The number of anilines is 1. The minimum absolute atomic E-state index is 0.0768. The maximum absolute atomic E-state index is 12.2. The molecule has 1 saturated carbocycles. The fraction of sp³-hybridized carbons (Fsp3) is 0.375. The number of rotatable bonds is 7. The first-order valence-corrected chi connectivity index (χ1v) is 10.3. The van der Waals surface area contributed by atoms with E-state index in [4.69, 9.17) is 4.52 Å². The summed E-state index contributed by atoms with van der Waals surface area (Å²) in [6, 6.07) is 3.39. The molecule has 2 N–H and O–H groups in total. The highest BCUT2D eigenvalue weighted by molar-refractivity contribution is 7.91. The van der Waals surface area contributed by atoms with E-state index in [1.54, 1.807) is 38.1 Å². The molecule has 0 bridgehead atoms. The number of nitrogens with one attached hydrogen (secondary N) is 2. The number of thiophene rings is 1. The van der Waals surface area contributed by atoms with Crippen LogP contribution in [-0.2, 0) is 14.8 Å². The first-order valence-electron chi connectivity index (χ1n) is 7.95. The number of sulfonamides is 1. The Kier molecular flexibility index (Phi) is 5.07. The zero-order valence-electron chi connectivity index (χ0n) is 13.9. The number of hydrogen-bond acceptors (Lipinski definition) is 6. The average molecular weight is 381 g/mol. The van der Waals surface area contributed by atoms with E-state index in [1.807, 2.05) is 0 Å². The SMILES string of the molecule is CCC(=O)Nc1c(C)noc1C=Cc1ccc(S(=O)(=O)NC2CC2)s1. The van der Waals surface area contributed by atoms with Crippen LogP contribution >= 0.6 is 11.3 Å². The first-order chi connectivity index (χ1) is 11.9. The summed E-state index contributed by atoms with van der Waals surface area (Å²) in [6.07, 6.45) is 5.56. The van der Waals surface area contributed by atoms with Gasteiger partial charge in [-0.1, -0.05) is 12.1 Å². The number of hydrogen-bond donors (Lipinski definition) is 2. The van der Waals surface area contributed by atoms with Crippen LogP contribution in [0.15, 0.2) is 20.9 Å². The molecule has 1 amide bonds. The van der Waals surface area contributed by atoms with Crippen LogP contribution in [-0.4, -0.2) is 25.5 Å². The molecule has 1 fully saturated rings.